The summed E-state index contributed by atoms with van der Waals surface area (Å²) in [5.74, 6) is -0.360. The molecule has 2 atom stereocenters. The van der Waals surface area contributed by atoms with Crippen LogP contribution in [0.2, 0.25) is 0 Å². The molecule has 0 aromatic rings. The summed E-state index contributed by atoms with van der Waals surface area (Å²) in [4.78, 5) is 11.4. The van der Waals surface area contributed by atoms with E-state index in [9.17, 15) is 4.79 Å². The van der Waals surface area contributed by atoms with Crippen molar-refractivity contribution in [3.63, 3.8) is 0 Å². The molecule has 2 unspecified atom stereocenters. The molecule has 0 aliphatic rings. The Hall–Kier alpha value is -0.570. The number of unbranched alkanes of at least 4 members (excludes halogenated alkanes) is 4. The van der Waals surface area contributed by atoms with Crippen LogP contribution in [0.5, 0.6) is 0 Å². The lowest BCUT2D eigenvalue weighted by atomic mass is 10.1. The van der Waals surface area contributed by atoms with Crippen LogP contribution >= 0.6 is 0 Å². The van der Waals surface area contributed by atoms with Gasteiger partial charge in [-0.1, -0.05) is 39.5 Å². The van der Waals surface area contributed by atoms with Gasteiger partial charge in [-0.05, 0) is 13.3 Å². The van der Waals surface area contributed by atoms with Crippen LogP contribution in [0.3, 0.4) is 0 Å². The minimum Gasteiger partial charge on any atom is -0.465 e. The highest BCUT2D eigenvalue weighted by molar-refractivity contribution is 5.72. The van der Waals surface area contributed by atoms with Gasteiger partial charge < -0.3 is 10.5 Å². The van der Waals surface area contributed by atoms with Crippen molar-refractivity contribution in [1.29, 1.82) is 0 Å². The van der Waals surface area contributed by atoms with E-state index >= 15 is 0 Å². The number of esters is 1. The molecule has 0 aliphatic carbocycles. The first-order chi connectivity index (χ1) is 7.09. The zero-order chi connectivity index (χ0) is 11.7. The number of carbonyl (C=O) groups excluding carboxylic acids is 1. The van der Waals surface area contributed by atoms with Crippen LogP contribution < -0.4 is 5.73 Å². The molecular formula is C12H25NO2. The van der Waals surface area contributed by atoms with E-state index in [4.69, 9.17) is 10.5 Å². The normalized spacial score (nSPS) is 14.7. The highest BCUT2D eigenvalue weighted by Crippen LogP contribution is 2.06. The van der Waals surface area contributed by atoms with Gasteiger partial charge in [0.15, 0.2) is 0 Å². The van der Waals surface area contributed by atoms with Crippen LogP contribution in [-0.4, -0.2) is 18.6 Å². The summed E-state index contributed by atoms with van der Waals surface area (Å²) in [6, 6.07) is -0.127. The maximum Gasteiger partial charge on any atom is 0.310 e. The Bertz CT molecular complexity index is 169. The predicted octanol–water partition coefficient (Wildman–Crippen LogP) is 2.48. The van der Waals surface area contributed by atoms with Gasteiger partial charge in [-0.3, -0.25) is 4.79 Å². The molecular weight excluding hydrogens is 190 g/mol. The second-order valence-corrected chi connectivity index (χ2v) is 4.23. The van der Waals surface area contributed by atoms with Crippen molar-refractivity contribution < 1.29 is 9.53 Å². The monoisotopic (exact) mass is 215 g/mol. The van der Waals surface area contributed by atoms with Gasteiger partial charge in [-0.2, -0.15) is 0 Å². The van der Waals surface area contributed by atoms with Gasteiger partial charge in [0.05, 0.1) is 12.5 Å². The summed E-state index contributed by atoms with van der Waals surface area (Å²) in [5.41, 5.74) is 5.61. The molecule has 0 aliphatic heterocycles. The summed E-state index contributed by atoms with van der Waals surface area (Å²) in [6.07, 6.45) is 5.85. The number of carbonyl (C=O) groups is 1. The van der Waals surface area contributed by atoms with Crippen molar-refractivity contribution in [1.82, 2.24) is 0 Å². The summed E-state index contributed by atoms with van der Waals surface area (Å²) in [6.45, 7) is 6.36. The summed E-state index contributed by atoms with van der Waals surface area (Å²) < 4.78 is 5.13. The Morgan fingerprint density at radius 3 is 2.33 bits per heavy atom. The van der Waals surface area contributed by atoms with Crippen LogP contribution in [0.4, 0.5) is 0 Å². The molecule has 90 valence electrons. The second kappa shape index (κ2) is 8.72. The van der Waals surface area contributed by atoms with Crippen molar-refractivity contribution in [2.24, 2.45) is 11.7 Å². The van der Waals surface area contributed by atoms with Gasteiger partial charge in [-0.15, -0.1) is 0 Å². The highest BCUT2D eigenvalue weighted by atomic mass is 16.5. The zero-order valence-electron chi connectivity index (χ0n) is 10.3. The largest absolute Gasteiger partial charge is 0.465 e. The minimum absolute atomic E-state index is 0.127. The fourth-order valence-corrected chi connectivity index (χ4v) is 1.22. The maximum atomic E-state index is 11.4. The fraction of sp³-hybridized carbons (Fsp3) is 0.917. The van der Waals surface area contributed by atoms with Crippen LogP contribution in [0, 0.1) is 5.92 Å². The third-order valence-electron chi connectivity index (χ3n) is 2.65. The lowest BCUT2D eigenvalue weighted by Crippen LogP contribution is -2.32. The molecule has 3 heteroatoms. The van der Waals surface area contributed by atoms with Gasteiger partial charge in [0, 0.05) is 6.04 Å². The third-order valence-corrected chi connectivity index (χ3v) is 2.65. The van der Waals surface area contributed by atoms with E-state index in [0.717, 1.165) is 12.8 Å². The molecule has 0 fully saturated rings. The highest BCUT2D eigenvalue weighted by Gasteiger charge is 2.17. The van der Waals surface area contributed by atoms with Crippen molar-refractivity contribution in [3.05, 3.63) is 0 Å². The zero-order valence-corrected chi connectivity index (χ0v) is 10.3. The van der Waals surface area contributed by atoms with E-state index in [2.05, 4.69) is 6.92 Å². The molecule has 15 heavy (non-hydrogen) atoms. The maximum absolute atomic E-state index is 11.4. The molecule has 0 bridgehead atoms. The Balaban J connectivity index is 3.39. The first kappa shape index (κ1) is 14.4. The molecule has 3 nitrogen and oxygen atoms in total. The molecule has 0 spiro atoms. The van der Waals surface area contributed by atoms with Crippen molar-refractivity contribution >= 4 is 5.97 Å². The number of hydrogen-bond acceptors (Lipinski definition) is 3. The molecule has 0 heterocycles. The summed E-state index contributed by atoms with van der Waals surface area (Å²) >= 11 is 0. The molecule has 0 saturated heterocycles. The number of rotatable bonds is 8. The smallest absolute Gasteiger partial charge is 0.310 e. The Morgan fingerprint density at radius 1 is 1.20 bits per heavy atom. The van der Waals surface area contributed by atoms with E-state index in [1.54, 1.807) is 0 Å². The summed E-state index contributed by atoms with van der Waals surface area (Å²) in [5, 5.41) is 0. The SMILES string of the molecule is CCCCCCCOC(=O)C(C)C(C)N. The fourth-order valence-electron chi connectivity index (χ4n) is 1.22. The standard InChI is InChI=1S/C12H25NO2/c1-4-5-6-7-8-9-15-12(14)10(2)11(3)13/h10-11H,4-9,13H2,1-3H3. The minimum atomic E-state index is -0.194. The lowest BCUT2D eigenvalue weighted by Gasteiger charge is -2.14. The Labute approximate surface area is 93.4 Å². The lowest BCUT2D eigenvalue weighted by molar-refractivity contribution is -0.148. The van der Waals surface area contributed by atoms with Gasteiger partial charge in [0.2, 0.25) is 0 Å². The molecule has 0 rings (SSSR count). The molecule has 0 aromatic carbocycles. The van der Waals surface area contributed by atoms with Crippen molar-refractivity contribution in [2.75, 3.05) is 6.61 Å². The van der Waals surface area contributed by atoms with E-state index in [1.807, 2.05) is 13.8 Å². The quantitative estimate of drug-likeness (QED) is 0.500. The number of ether oxygens (including phenoxy) is 1. The first-order valence-corrected chi connectivity index (χ1v) is 6.01. The average molecular weight is 215 g/mol. The van der Waals surface area contributed by atoms with E-state index in [0.29, 0.717) is 6.61 Å². The van der Waals surface area contributed by atoms with E-state index in [1.165, 1.54) is 19.3 Å². The molecule has 0 radical (unpaired) electrons. The Kier molecular flexibility index (Phi) is 8.38. The number of hydrogen-bond donors (Lipinski definition) is 1. The van der Waals surface area contributed by atoms with E-state index in [-0.39, 0.29) is 17.9 Å². The predicted molar refractivity (Wildman–Crippen MR) is 62.5 cm³/mol. The molecule has 0 amide bonds. The van der Waals surface area contributed by atoms with Gasteiger partial charge in [0.25, 0.3) is 0 Å². The van der Waals surface area contributed by atoms with Crippen LogP contribution in [0.15, 0.2) is 0 Å². The van der Waals surface area contributed by atoms with Gasteiger partial charge in [-0.25, -0.2) is 0 Å². The topological polar surface area (TPSA) is 52.3 Å². The van der Waals surface area contributed by atoms with Crippen LogP contribution in [-0.2, 0) is 9.53 Å². The molecule has 0 saturated carbocycles. The van der Waals surface area contributed by atoms with Crippen LogP contribution in [0.25, 0.3) is 0 Å². The van der Waals surface area contributed by atoms with E-state index < -0.39 is 0 Å². The van der Waals surface area contributed by atoms with Crippen molar-refractivity contribution in [2.45, 2.75) is 58.9 Å². The summed E-state index contributed by atoms with van der Waals surface area (Å²) in [7, 11) is 0. The third kappa shape index (κ3) is 7.37. The molecule has 2 N–H and O–H groups in total. The average Bonchev–Trinajstić information content (AvgIpc) is 2.21. The first-order valence-electron chi connectivity index (χ1n) is 6.01. The number of nitrogens with two attached hydrogens (primary N) is 1. The van der Waals surface area contributed by atoms with Gasteiger partial charge in [0.1, 0.15) is 0 Å². The van der Waals surface area contributed by atoms with Crippen LogP contribution in [0.1, 0.15) is 52.9 Å². The Morgan fingerprint density at radius 2 is 1.80 bits per heavy atom. The van der Waals surface area contributed by atoms with Gasteiger partial charge >= 0.3 is 5.97 Å². The van der Waals surface area contributed by atoms with Crippen molar-refractivity contribution in [3.8, 4) is 0 Å². The molecule has 0 aromatic heterocycles. The second-order valence-electron chi connectivity index (χ2n) is 4.23.